The summed E-state index contributed by atoms with van der Waals surface area (Å²) in [5.41, 5.74) is 0. The Balaban J connectivity index is 2.42. The van der Waals surface area contributed by atoms with Crippen molar-refractivity contribution in [2.45, 2.75) is 19.4 Å². The van der Waals surface area contributed by atoms with Crippen molar-refractivity contribution in [1.29, 1.82) is 0 Å². The minimum Gasteiger partial charge on any atom is -0.341 e. The summed E-state index contributed by atoms with van der Waals surface area (Å²) in [6.07, 6.45) is 0.989. The number of hydrogen-bond donors (Lipinski definition) is 0. The van der Waals surface area contributed by atoms with E-state index in [-0.39, 0.29) is 5.91 Å². The van der Waals surface area contributed by atoms with E-state index in [2.05, 4.69) is 13.8 Å². The molecular weight excluding hydrogens is 147 g/mol. The third-order valence-corrected chi connectivity index (χ3v) is 2.16. The van der Waals surface area contributed by atoms with Crippen molar-refractivity contribution in [3.63, 3.8) is 0 Å². The topological polar surface area (TPSA) is 32.7 Å². The normalized spacial score (nSPS) is 24.9. The summed E-state index contributed by atoms with van der Waals surface area (Å²) in [6, 6.07) is 0.306. The van der Waals surface area contributed by atoms with Crippen molar-refractivity contribution >= 4 is 14.9 Å². The predicted octanol–water partition coefficient (Wildman–Crippen LogP) is 0.934. The molecule has 0 aromatic carbocycles. The molecule has 0 bridgehead atoms. The van der Waals surface area contributed by atoms with Gasteiger partial charge in [-0.25, -0.2) is 0 Å². The van der Waals surface area contributed by atoms with E-state index < -0.39 is 0 Å². The quantitative estimate of drug-likeness (QED) is 0.522. The average molecular weight is 158 g/mol. The highest BCUT2D eigenvalue weighted by Gasteiger charge is 2.22. The zero-order chi connectivity index (χ0) is 7.56. The average Bonchev–Trinajstić information content (AvgIpc) is 2.34. The maximum Gasteiger partial charge on any atom is 0.219 e. The molecule has 0 saturated carbocycles. The van der Waals surface area contributed by atoms with Crippen LogP contribution in [0, 0.1) is 0 Å². The van der Waals surface area contributed by atoms with Crippen LogP contribution in [0.2, 0.25) is 0 Å². The Morgan fingerprint density at radius 1 is 1.80 bits per heavy atom. The van der Waals surface area contributed by atoms with Gasteiger partial charge in [-0.15, -0.1) is 0 Å². The van der Waals surface area contributed by atoms with Gasteiger partial charge in [0.25, 0.3) is 0 Å². The fourth-order valence-electron chi connectivity index (χ4n) is 1.13. The predicted molar refractivity (Wildman–Crippen MR) is 41.4 cm³/mol. The standard InChI is InChI=1S/C6H11N2OP/c1-5(9)8-3-2-6(4-8)7-10/h6,10H,2-4H2,1H3. The number of likely N-dealkylation sites (tertiary alicyclic amines) is 1. The third kappa shape index (κ3) is 1.54. The maximum absolute atomic E-state index is 10.8. The van der Waals surface area contributed by atoms with Gasteiger partial charge < -0.3 is 4.90 Å². The lowest BCUT2D eigenvalue weighted by molar-refractivity contribution is -0.127. The van der Waals surface area contributed by atoms with Crippen LogP contribution in [0.5, 0.6) is 0 Å². The van der Waals surface area contributed by atoms with Gasteiger partial charge in [-0.1, -0.05) is 0 Å². The Labute approximate surface area is 62.7 Å². The van der Waals surface area contributed by atoms with Crippen LogP contribution in [0.15, 0.2) is 4.74 Å². The van der Waals surface area contributed by atoms with Gasteiger partial charge in [0.1, 0.15) is 0 Å². The minimum atomic E-state index is 0.151. The van der Waals surface area contributed by atoms with Crippen molar-refractivity contribution in [2.24, 2.45) is 4.74 Å². The summed E-state index contributed by atoms with van der Waals surface area (Å²) in [4.78, 5) is 12.6. The highest BCUT2D eigenvalue weighted by Crippen LogP contribution is 2.12. The zero-order valence-corrected chi connectivity index (χ0v) is 7.00. The van der Waals surface area contributed by atoms with Crippen LogP contribution < -0.4 is 0 Å². The monoisotopic (exact) mass is 158 g/mol. The van der Waals surface area contributed by atoms with Crippen molar-refractivity contribution in [3.8, 4) is 0 Å². The van der Waals surface area contributed by atoms with E-state index in [0.717, 1.165) is 19.5 Å². The molecular formula is C6H11N2OP. The molecule has 1 rings (SSSR count). The summed E-state index contributed by atoms with van der Waals surface area (Å²) in [6.45, 7) is 3.23. The summed E-state index contributed by atoms with van der Waals surface area (Å²) in [5, 5.41) is 0. The molecule has 56 valence electrons. The van der Waals surface area contributed by atoms with Gasteiger partial charge in [-0.2, -0.15) is 0 Å². The Morgan fingerprint density at radius 3 is 2.80 bits per heavy atom. The van der Waals surface area contributed by atoms with Crippen LogP contribution >= 0.6 is 9.03 Å². The second-order valence-electron chi connectivity index (χ2n) is 2.54. The summed E-state index contributed by atoms with van der Waals surface area (Å²) >= 11 is 0. The van der Waals surface area contributed by atoms with Crippen molar-refractivity contribution in [2.75, 3.05) is 13.1 Å². The molecule has 4 heteroatoms. The third-order valence-electron chi connectivity index (χ3n) is 1.79. The first-order valence-corrected chi connectivity index (χ1v) is 3.81. The highest BCUT2D eigenvalue weighted by molar-refractivity contribution is 7.04. The SMILES string of the molecule is CC(=O)N1CCC(N=P)C1. The molecule has 0 spiro atoms. The summed E-state index contributed by atoms with van der Waals surface area (Å²) < 4.78 is 3.93. The van der Waals surface area contributed by atoms with Gasteiger partial charge in [0.05, 0.1) is 6.04 Å². The fraction of sp³-hybridized carbons (Fsp3) is 0.833. The van der Waals surface area contributed by atoms with E-state index in [9.17, 15) is 4.79 Å². The first kappa shape index (κ1) is 7.67. The largest absolute Gasteiger partial charge is 0.341 e. The van der Waals surface area contributed by atoms with Crippen LogP contribution in [0.25, 0.3) is 0 Å². The lowest BCUT2D eigenvalue weighted by atomic mass is 10.3. The molecule has 1 atom stereocenters. The Morgan fingerprint density at radius 2 is 2.50 bits per heavy atom. The van der Waals surface area contributed by atoms with E-state index in [4.69, 9.17) is 0 Å². The molecule has 0 radical (unpaired) electrons. The molecule has 1 fully saturated rings. The van der Waals surface area contributed by atoms with Gasteiger partial charge in [-0.05, 0) is 15.5 Å². The molecule has 0 aliphatic carbocycles. The smallest absolute Gasteiger partial charge is 0.219 e. The molecule has 1 saturated heterocycles. The number of amides is 1. The van der Waals surface area contributed by atoms with Gasteiger partial charge in [0.15, 0.2) is 0 Å². The maximum atomic E-state index is 10.8. The van der Waals surface area contributed by atoms with Crippen LogP contribution in [-0.4, -0.2) is 29.9 Å². The molecule has 1 unspecified atom stereocenters. The lowest BCUT2D eigenvalue weighted by Gasteiger charge is -2.11. The van der Waals surface area contributed by atoms with Gasteiger partial charge in [0.2, 0.25) is 5.91 Å². The number of carbonyl (C=O) groups is 1. The molecule has 1 aliphatic heterocycles. The van der Waals surface area contributed by atoms with Crippen molar-refractivity contribution < 1.29 is 4.79 Å². The van der Waals surface area contributed by atoms with E-state index in [1.54, 1.807) is 6.92 Å². The molecule has 0 aromatic heterocycles. The molecule has 3 nitrogen and oxygen atoms in total. The highest BCUT2D eigenvalue weighted by atomic mass is 31.0. The molecule has 1 amide bonds. The van der Waals surface area contributed by atoms with Crippen LogP contribution in [0.1, 0.15) is 13.3 Å². The first-order chi connectivity index (χ1) is 4.74. The molecule has 1 aliphatic rings. The first-order valence-electron chi connectivity index (χ1n) is 3.36. The number of carbonyl (C=O) groups excluding carboxylic acids is 1. The van der Waals surface area contributed by atoms with Crippen molar-refractivity contribution in [3.05, 3.63) is 0 Å². The molecule has 0 N–H and O–H groups in total. The van der Waals surface area contributed by atoms with E-state index >= 15 is 0 Å². The van der Waals surface area contributed by atoms with Gasteiger partial charge in [-0.3, -0.25) is 9.54 Å². The number of rotatable bonds is 1. The van der Waals surface area contributed by atoms with E-state index in [0.29, 0.717) is 6.04 Å². The Kier molecular flexibility index (Phi) is 2.39. The van der Waals surface area contributed by atoms with Crippen LogP contribution in [-0.2, 0) is 4.79 Å². The zero-order valence-electron chi connectivity index (χ0n) is 6.00. The summed E-state index contributed by atoms with van der Waals surface area (Å²) in [7, 11) is 3.09. The van der Waals surface area contributed by atoms with E-state index in [1.165, 1.54) is 0 Å². The molecule has 0 aromatic rings. The lowest BCUT2D eigenvalue weighted by Crippen LogP contribution is -2.26. The fourth-order valence-corrected chi connectivity index (χ4v) is 1.34. The minimum absolute atomic E-state index is 0.151. The number of hydrogen-bond acceptors (Lipinski definition) is 2. The van der Waals surface area contributed by atoms with Crippen LogP contribution in [0.4, 0.5) is 0 Å². The molecule has 10 heavy (non-hydrogen) atoms. The van der Waals surface area contributed by atoms with Gasteiger partial charge >= 0.3 is 0 Å². The van der Waals surface area contributed by atoms with Gasteiger partial charge in [0, 0.05) is 20.0 Å². The second-order valence-corrected chi connectivity index (χ2v) is 2.79. The van der Waals surface area contributed by atoms with E-state index in [1.807, 2.05) is 4.90 Å². The Hall–Kier alpha value is -0.430. The van der Waals surface area contributed by atoms with Crippen molar-refractivity contribution in [1.82, 2.24) is 4.90 Å². The molecule has 1 heterocycles. The summed E-state index contributed by atoms with van der Waals surface area (Å²) in [5.74, 6) is 0.151. The number of nitrogens with zero attached hydrogens (tertiary/aromatic N) is 2. The van der Waals surface area contributed by atoms with Crippen LogP contribution in [0.3, 0.4) is 0 Å². The Bertz CT molecular complexity index is 160. The second kappa shape index (κ2) is 3.11.